The van der Waals surface area contributed by atoms with Crippen molar-refractivity contribution in [2.75, 3.05) is 13.1 Å². The van der Waals surface area contributed by atoms with Crippen LogP contribution in [0.1, 0.15) is 29.0 Å². The number of hydrogen-bond acceptors (Lipinski definition) is 3. The highest BCUT2D eigenvalue weighted by molar-refractivity contribution is 6.01. The van der Waals surface area contributed by atoms with E-state index < -0.39 is 5.41 Å². The second-order valence-corrected chi connectivity index (χ2v) is 5.39. The first-order valence-electron chi connectivity index (χ1n) is 7.02. The number of rotatable bonds is 3. The Hall–Kier alpha value is -1.94. The Kier molecular flexibility index (Phi) is 3.40. The van der Waals surface area contributed by atoms with Crippen LogP contribution >= 0.6 is 0 Å². The lowest BCUT2D eigenvalue weighted by Crippen LogP contribution is -2.46. The third-order valence-electron chi connectivity index (χ3n) is 4.24. The molecule has 1 fully saturated rings. The van der Waals surface area contributed by atoms with Gasteiger partial charge in [-0.1, -0.05) is 30.3 Å². The molecule has 1 aromatic carbocycles. The van der Waals surface area contributed by atoms with Crippen LogP contribution in [0.25, 0.3) is 0 Å². The van der Waals surface area contributed by atoms with Crippen LogP contribution in [0, 0.1) is 0 Å². The van der Waals surface area contributed by atoms with Gasteiger partial charge < -0.3 is 9.88 Å². The Morgan fingerprint density at radius 2 is 1.95 bits per heavy atom. The summed E-state index contributed by atoms with van der Waals surface area (Å²) in [5.41, 5.74) is 0.667. The van der Waals surface area contributed by atoms with E-state index in [4.69, 9.17) is 0 Å². The average molecular weight is 269 g/mol. The summed E-state index contributed by atoms with van der Waals surface area (Å²) >= 11 is 0. The van der Waals surface area contributed by atoms with E-state index in [9.17, 15) is 4.79 Å². The van der Waals surface area contributed by atoms with Crippen molar-refractivity contribution in [2.24, 2.45) is 7.05 Å². The maximum Gasteiger partial charge on any atom is 0.208 e. The SMILES string of the molecule is Cn1ccnc1C(=O)C1(c2ccccc2)CCNCC1. The number of Topliss-reactive ketones (excluding diaryl/α,β-unsaturated/α-hetero) is 1. The highest BCUT2D eigenvalue weighted by Crippen LogP contribution is 2.36. The molecular formula is C16H19N3O. The highest BCUT2D eigenvalue weighted by atomic mass is 16.1. The van der Waals surface area contributed by atoms with Gasteiger partial charge in [0.05, 0.1) is 5.41 Å². The molecule has 0 aliphatic carbocycles. The summed E-state index contributed by atoms with van der Waals surface area (Å²) in [6.45, 7) is 1.73. The third kappa shape index (κ3) is 2.06. The molecule has 0 spiro atoms. The molecule has 1 aliphatic rings. The molecule has 1 aliphatic heterocycles. The molecule has 4 nitrogen and oxygen atoms in total. The van der Waals surface area contributed by atoms with E-state index in [1.807, 2.05) is 36.0 Å². The quantitative estimate of drug-likeness (QED) is 0.866. The highest BCUT2D eigenvalue weighted by Gasteiger charge is 2.42. The summed E-state index contributed by atoms with van der Waals surface area (Å²) in [7, 11) is 1.88. The topological polar surface area (TPSA) is 46.9 Å². The normalized spacial score (nSPS) is 17.9. The largest absolute Gasteiger partial charge is 0.332 e. The molecule has 4 heteroatoms. The van der Waals surface area contributed by atoms with Gasteiger partial charge in [0.2, 0.25) is 5.78 Å². The second-order valence-electron chi connectivity index (χ2n) is 5.39. The molecule has 20 heavy (non-hydrogen) atoms. The van der Waals surface area contributed by atoms with Gasteiger partial charge >= 0.3 is 0 Å². The van der Waals surface area contributed by atoms with Gasteiger partial charge in [-0.15, -0.1) is 0 Å². The molecule has 0 unspecified atom stereocenters. The van der Waals surface area contributed by atoms with Gasteiger partial charge in [0.15, 0.2) is 5.82 Å². The summed E-state index contributed by atoms with van der Waals surface area (Å²) in [6, 6.07) is 10.1. The smallest absolute Gasteiger partial charge is 0.208 e. The Labute approximate surface area is 118 Å². The number of ketones is 1. The number of aromatic nitrogens is 2. The molecule has 0 bridgehead atoms. The Morgan fingerprint density at radius 1 is 1.25 bits per heavy atom. The number of piperidine rings is 1. The molecule has 1 saturated heterocycles. The first kappa shape index (κ1) is 13.1. The van der Waals surface area contributed by atoms with Gasteiger partial charge in [0, 0.05) is 19.4 Å². The number of imidazole rings is 1. The van der Waals surface area contributed by atoms with Crippen LogP contribution in [0.3, 0.4) is 0 Å². The minimum absolute atomic E-state index is 0.137. The molecule has 104 valence electrons. The molecule has 3 rings (SSSR count). The van der Waals surface area contributed by atoms with Crippen molar-refractivity contribution in [1.82, 2.24) is 14.9 Å². The Balaban J connectivity index is 2.07. The van der Waals surface area contributed by atoms with Crippen LogP contribution in [0.5, 0.6) is 0 Å². The summed E-state index contributed by atoms with van der Waals surface area (Å²) in [6.07, 6.45) is 5.16. The molecule has 0 radical (unpaired) electrons. The number of aryl methyl sites for hydroxylation is 1. The first-order chi connectivity index (χ1) is 9.74. The van der Waals surface area contributed by atoms with Crippen molar-refractivity contribution >= 4 is 5.78 Å². The van der Waals surface area contributed by atoms with E-state index in [-0.39, 0.29) is 5.78 Å². The van der Waals surface area contributed by atoms with E-state index >= 15 is 0 Å². The maximum absolute atomic E-state index is 13.1. The molecule has 1 aromatic heterocycles. The zero-order valence-corrected chi connectivity index (χ0v) is 11.7. The van der Waals surface area contributed by atoms with Crippen molar-refractivity contribution < 1.29 is 4.79 Å². The minimum atomic E-state index is -0.439. The summed E-state index contributed by atoms with van der Waals surface area (Å²) in [5, 5.41) is 3.34. The van der Waals surface area contributed by atoms with Crippen LogP contribution in [0.2, 0.25) is 0 Å². The van der Waals surface area contributed by atoms with Crippen LogP contribution in [-0.2, 0) is 12.5 Å². The predicted molar refractivity (Wildman–Crippen MR) is 77.8 cm³/mol. The Bertz CT molecular complexity index is 597. The van der Waals surface area contributed by atoms with Crippen LogP contribution < -0.4 is 5.32 Å². The number of carbonyl (C=O) groups excluding carboxylic acids is 1. The van der Waals surface area contributed by atoms with Gasteiger partial charge in [0.25, 0.3) is 0 Å². The van der Waals surface area contributed by atoms with Crippen molar-refractivity contribution in [2.45, 2.75) is 18.3 Å². The molecular weight excluding hydrogens is 250 g/mol. The molecule has 0 saturated carbocycles. The number of nitrogens with zero attached hydrogens (tertiary/aromatic N) is 2. The van der Waals surface area contributed by atoms with E-state index in [2.05, 4.69) is 22.4 Å². The van der Waals surface area contributed by atoms with Gasteiger partial charge in [-0.05, 0) is 31.5 Å². The standard InChI is InChI=1S/C16H19N3O/c1-19-12-11-18-15(19)14(20)16(7-9-17-10-8-16)13-5-3-2-4-6-13/h2-6,11-12,17H,7-10H2,1H3. The predicted octanol–water partition coefficient (Wildman–Crippen LogP) is 1.92. The number of hydrogen-bond donors (Lipinski definition) is 1. The van der Waals surface area contributed by atoms with E-state index in [0.717, 1.165) is 31.5 Å². The lowest BCUT2D eigenvalue weighted by molar-refractivity contribution is 0.0832. The average Bonchev–Trinajstić information content (AvgIpc) is 2.94. The molecule has 2 aromatic rings. The van der Waals surface area contributed by atoms with Gasteiger partial charge in [-0.3, -0.25) is 4.79 Å². The first-order valence-corrected chi connectivity index (χ1v) is 7.02. The summed E-state index contributed by atoms with van der Waals surface area (Å²) in [4.78, 5) is 17.3. The van der Waals surface area contributed by atoms with Gasteiger partial charge in [-0.2, -0.15) is 0 Å². The maximum atomic E-state index is 13.1. The van der Waals surface area contributed by atoms with E-state index in [1.54, 1.807) is 6.20 Å². The lowest BCUT2D eigenvalue weighted by Gasteiger charge is -2.36. The Morgan fingerprint density at radius 3 is 2.55 bits per heavy atom. The van der Waals surface area contributed by atoms with Crippen LogP contribution in [0.15, 0.2) is 42.7 Å². The number of carbonyl (C=O) groups is 1. The van der Waals surface area contributed by atoms with Crippen LogP contribution in [0.4, 0.5) is 0 Å². The van der Waals surface area contributed by atoms with Crippen molar-refractivity contribution in [1.29, 1.82) is 0 Å². The van der Waals surface area contributed by atoms with Crippen molar-refractivity contribution in [3.05, 3.63) is 54.1 Å². The molecule has 1 N–H and O–H groups in total. The fourth-order valence-electron chi connectivity index (χ4n) is 3.06. The lowest BCUT2D eigenvalue weighted by atomic mass is 9.70. The van der Waals surface area contributed by atoms with Crippen LogP contribution in [-0.4, -0.2) is 28.4 Å². The zero-order valence-electron chi connectivity index (χ0n) is 11.7. The minimum Gasteiger partial charge on any atom is -0.332 e. The zero-order chi connectivity index (χ0) is 14.0. The molecule has 0 amide bonds. The van der Waals surface area contributed by atoms with E-state index in [1.165, 1.54) is 0 Å². The fourth-order valence-corrected chi connectivity index (χ4v) is 3.06. The molecule has 0 atom stereocenters. The molecule has 2 heterocycles. The number of nitrogens with one attached hydrogen (secondary N) is 1. The third-order valence-corrected chi connectivity index (χ3v) is 4.24. The fraction of sp³-hybridized carbons (Fsp3) is 0.375. The van der Waals surface area contributed by atoms with E-state index in [0.29, 0.717) is 5.82 Å². The summed E-state index contributed by atoms with van der Waals surface area (Å²) < 4.78 is 1.81. The summed E-state index contributed by atoms with van der Waals surface area (Å²) in [5.74, 6) is 0.688. The van der Waals surface area contributed by atoms with Gasteiger partial charge in [0.1, 0.15) is 0 Å². The monoisotopic (exact) mass is 269 g/mol. The number of benzene rings is 1. The van der Waals surface area contributed by atoms with Crippen molar-refractivity contribution in [3.63, 3.8) is 0 Å². The second kappa shape index (κ2) is 5.21. The van der Waals surface area contributed by atoms with Crippen molar-refractivity contribution in [3.8, 4) is 0 Å². The van der Waals surface area contributed by atoms with Gasteiger partial charge in [-0.25, -0.2) is 4.98 Å².